The Bertz CT molecular complexity index is 567. The lowest BCUT2D eigenvalue weighted by Gasteiger charge is -2.30. The Morgan fingerprint density at radius 3 is 2.42 bits per heavy atom. The highest BCUT2D eigenvalue weighted by Gasteiger charge is 2.26. The number of likely N-dealkylation sites (N-methyl/N-ethyl adjacent to an activating group) is 1. The quantitative estimate of drug-likeness (QED) is 0.670. The van der Waals surface area contributed by atoms with Crippen molar-refractivity contribution in [1.82, 2.24) is 4.90 Å². The molecular formula is C18H29N3O3+2. The van der Waals surface area contributed by atoms with Crippen LogP contribution in [-0.4, -0.2) is 63.4 Å². The number of hydrogen-bond donors (Lipinski definition) is 2. The molecule has 24 heavy (non-hydrogen) atoms. The molecule has 0 spiro atoms. The van der Waals surface area contributed by atoms with Gasteiger partial charge in [-0.15, -0.1) is 0 Å². The first-order valence-electron chi connectivity index (χ1n) is 9.03. The van der Waals surface area contributed by atoms with Gasteiger partial charge in [0.05, 0.1) is 0 Å². The van der Waals surface area contributed by atoms with Gasteiger partial charge in [0.1, 0.15) is 32.7 Å². The second kappa shape index (κ2) is 7.85. The summed E-state index contributed by atoms with van der Waals surface area (Å²) in [5.41, 5.74) is 1.29. The van der Waals surface area contributed by atoms with Crippen LogP contribution >= 0.6 is 0 Å². The molecule has 2 aliphatic heterocycles. The molecule has 2 aliphatic rings. The molecule has 3 rings (SSSR count). The van der Waals surface area contributed by atoms with Crippen LogP contribution in [0.2, 0.25) is 0 Å². The van der Waals surface area contributed by atoms with Crippen molar-refractivity contribution >= 4 is 5.91 Å². The Kier molecular flexibility index (Phi) is 5.58. The maximum absolute atomic E-state index is 12.2. The number of amides is 1. The maximum Gasteiger partial charge on any atom is 0.277 e. The van der Waals surface area contributed by atoms with Crippen molar-refractivity contribution in [3.8, 4) is 11.5 Å². The average molecular weight is 335 g/mol. The van der Waals surface area contributed by atoms with Crippen molar-refractivity contribution in [2.45, 2.75) is 20.4 Å². The molecule has 0 saturated carbocycles. The Balaban J connectivity index is 1.46. The first-order chi connectivity index (χ1) is 11.7. The molecule has 0 atom stereocenters. The van der Waals surface area contributed by atoms with Crippen LogP contribution < -0.4 is 19.3 Å². The summed E-state index contributed by atoms with van der Waals surface area (Å²) in [5.74, 6) is 1.99. The highest BCUT2D eigenvalue weighted by atomic mass is 16.7. The molecule has 1 fully saturated rings. The summed E-state index contributed by atoms with van der Waals surface area (Å²) in [6.45, 7) is 12.0. The number of nitrogens with zero attached hydrogens (tertiary/aromatic N) is 1. The zero-order valence-corrected chi connectivity index (χ0v) is 14.8. The van der Waals surface area contributed by atoms with Crippen molar-refractivity contribution in [2.75, 3.05) is 52.6 Å². The summed E-state index contributed by atoms with van der Waals surface area (Å²) in [4.78, 5) is 17.2. The zero-order valence-electron chi connectivity index (χ0n) is 14.8. The Labute approximate surface area is 143 Å². The van der Waals surface area contributed by atoms with E-state index in [0.29, 0.717) is 13.3 Å². The summed E-state index contributed by atoms with van der Waals surface area (Å²) < 4.78 is 10.8. The maximum atomic E-state index is 12.2. The first-order valence-corrected chi connectivity index (χ1v) is 9.03. The minimum absolute atomic E-state index is 0.286. The van der Waals surface area contributed by atoms with Gasteiger partial charge in [-0.3, -0.25) is 4.79 Å². The molecule has 2 heterocycles. The number of rotatable bonds is 6. The normalized spacial score (nSPS) is 22.4. The summed E-state index contributed by atoms with van der Waals surface area (Å²) in [5, 5.41) is 0. The summed E-state index contributed by atoms with van der Waals surface area (Å²) in [6, 6.07) is 6.23. The third-order valence-corrected chi connectivity index (χ3v) is 5.07. The van der Waals surface area contributed by atoms with E-state index in [9.17, 15) is 4.79 Å². The van der Waals surface area contributed by atoms with Crippen LogP contribution in [-0.2, 0) is 11.3 Å². The van der Waals surface area contributed by atoms with Gasteiger partial charge in [-0.05, 0) is 32.0 Å². The van der Waals surface area contributed by atoms with Gasteiger partial charge in [0.15, 0.2) is 18.0 Å². The van der Waals surface area contributed by atoms with Crippen molar-refractivity contribution < 1.29 is 24.1 Å². The van der Waals surface area contributed by atoms with Gasteiger partial charge in [-0.1, -0.05) is 0 Å². The number of nitrogens with one attached hydrogen (secondary N) is 2. The third-order valence-electron chi connectivity index (χ3n) is 5.07. The molecule has 6 heteroatoms. The second-order valence-corrected chi connectivity index (χ2v) is 6.61. The summed E-state index contributed by atoms with van der Waals surface area (Å²) >= 11 is 0. The average Bonchev–Trinajstić information content (AvgIpc) is 3.05. The van der Waals surface area contributed by atoms with Gasteiger partial charge in [0.25, 0.3) is 5.91 Å². The van der Waals surface area contributed by atoms with E-state index in [0.717, 1.165) is 57.3 Å². The number of fused-ring (bicyclic) bond motifs is 1. The molecule has 132 valence electrons. The highest BCUT2D eigenvalue weighted by molar-refractivity contribution is 5.77. The van der Waals surface area contributed by atoms with Gasteiger partial charge in [-0.2, -0.15) is 0 Å². The molecule has 6 nitrogen and oxygen atoms in total. The molecule has 0 aromatic heterocycles. The second-order valence-electron chi connectivity index (χ2n) is 6.61. The first kappa shape index (κ1) is 17.0. The lowest BCUT2D eigenvalue weighted by molar-refractivity contribution is -1.02. The van der Waals surface area contributed by atoms with E-state index in [1.54, 1.807) is 4.90 Å². The predicted octanol–water partition coefficient (Wildman–Crippen LogP) is -1.43. The standard InChI is InChI=1S/C18H27N3O3/c1-3-21(4-2)18(22)13-20-9-7-19(8-10-20)12-15-5-6-16-17(11-15)24-14-23-16/h5-6,11H,3-4,7-10,12-14H2,1-2H3/p+2. The van der Waals surface area contributed by atoms with Crippen LogP contribution in [0, 0.1) is 0 Å². The monoisotopic (exact) mass is 335 g/mol. The van der Waals surface area contributed by atoms with Crippen molar-refractivity contribution in [3.63, 3.8) is 0 Å². The summed E-state index contributed by atoms with van der Waals surface area (Å²) in [7, 11) is 0. The van der Waals surface area contributed by atoms with Gasteiger partial charge in [0.2, 0.25) is 6.79 Å². The van der Waals surface area contributed by atoms with E-state index < -0.39 is 0 Å². The molecule has 0 radical (unpaired) electrons. The van der Waals surface area contributed by atoms with Gasteiger partial charge in [0, 0.05) is 18.7 Å². The summed E-state index contributed by atoms with van der Waals surface area (Å²) in [6.07, 6.45) is 0. The largest absolute Gasteiger partial charge is 0.454 e. The third kappa shape index (κ3) is 3.99. The Hall–Kier alpha value is -1.79. The number of ether oxygens (including phenoxy) is 2. The lowest BCUT2D eigenvalue weighted by atomic mass is 10.1. The van der Waals surface area contributed by atoms with Crippen molar-refractivity contribution in [2.24, 2.45) is 0 Å². The smallest absolute Gasteiger partial charge is 0.277 e. The molecular weight excluding hydrogens is 306 g/mol. The van der Waals surface area contributed by atoms with E-state index in [1.807, 2.05) is 24.8 Å². The van der Waals surface area contributed by atoms with Crippen molar-refractivity contribution in [3.05, 3.63) is 23.8 Å². The molecule has 0 bridgehead atoms. The molecule has 1 saturated heterocycles. The minimum atomic E-state index is 0.286. The van der Waals surface area contributed by atoms with Crippen LogP contribution in [0.25, 0.3) is 0 Å². The van der Waals surface area contributed by atoms with Crippen molar-refractivity contribution in [1.29, 1.82) is 0 Å². The fourth-order valence-corrected chi connectivity index (χ4v) is 3.55. The van der Waals surface area contributed by atoms with Crippen LogP contribution in [0.15, 0.2) is 18.2 Å². The molecule has 1 amide bonds. The van der Waals surface area contributed by atoms with E-state index in [2.05, 4.69) is 12.1 Å². The van der Waals surface area contributed by atoms with E-state index in [1.165, 1.54) is 10.5 Å². The van der Waals surface area contributed by atoms with Crippen LogP contribution in [0.3, 0.4) is 0 Å². The number of hydrogen-bond acceptors (Lipinski definition) is 3. The molecule has 2 N–H and O–H groups in total. The Morgan fingerprint density at radius 2 is 1.71 bits per heavy atom. The minimum Gasteiger partial charge on any atom is -0.454 e. The predicted molar refractivity (Wildman–Crippen MR) is 90.5 cm³/mol. The molecule has 1 aromatic carbocycles. The number of piperazine rings is 1. The number of carbonyl (C=O) groups is 1. The molecule has 1 aromatic rings. The van der Waals surface area contributed by atoms with E-state index in [4.69, 9.17) is 9.47 Å². The topological polar surface area (TPSA) is 47.7 Å². The highest BCUT2D eigenvalue weighted by Crippen LogP contribution is 2.32. The molecule has 0 unspecified atom stereocenters. The van der Waals surface area contributed by atoms with Crippen LogP contribution in [0.1, 0.15) is 19.4 Å². The van der Waals surface area contributed by atoms with Gasteiger partial charge < -0.3 is 24.2 Å². The van der Waals surface area contributed by atoms with Crippen LogP contribution in [0.5, 0.6) is 11.5 Å². The number of quaternary nitrogens is 2. The fourth-order valence-electron chi connectivity index (χ4n) is 3.55. The Morgan fingerprint density at radius 1 is 1.04 bits per heavy atom. The van der Waals surface area contributed by atoms with Gasteiger partial charge >= 0.3 is 0 Å². The van der Waals surface area contributed by atoms with Crippen LogP contribution in [0.4, 0.5) is 0 Å². The van der Waals surface area contributed by atoms with E-state index in [-0.39, 0.29) is 5.91 Å². The fraction of sp³-hybridized carbons (Fsp3) is 0.611. The molecule has 0 aliphatic carbocycles. The number of carbonyl (C=O) groups excluding carboxylic acids is 1. The number of benzene rings is 1. The SMILES string of the molecule is CCN(CC)C(=O)C[NH+]1CC[NH+](Cc2ccc3c(c2)OCO3)CC1. The van der Waals surface area contributed by atoms with Gasteiger partial charge in [-0.25, -0.2) is 0 Å². The lowest BCUT2D eigenvalue weighted by Crippen LogP contribution is -3.28. The van der Waals surface area contributed by atoms with E-state index >= 15 is 0 Å². The zero-order chi connectivity index (χ0) is 16.9.